The Morgan fingerprint density at radius 1 is 1.47 bits per heavy atom. The van der Waals surface area contributed by atoms with Crippen LogP contribution in [0.3, 0.4) is 0 Å². The van der Waals surface area contributed by atoms with E-state index in [2.05, 4.69) is 38.4 Å². The Labute approximate surface area is 114 Å². The molecule has 102 valence electrons. The van der Waals surface area contributed by atoms with Crippen molar-refractivity contribution in [1.82, 2.24) is 20.2 Å². The van der Waals surface area contributed by atoms with E-state index in [1.165, 1.54) is 36.9 Å². The van der Waals surface area contributed by atoms with Crippen LogP contribution < -0.4 is 10.6 Å². The number of imidazole rings is 1. The second-order valence-electron chi connectivity index (χ2n) is 5.44. The number of benzene rings is 1. The van der Waals surface area contributed by atoms with Crippen molar-refractivity contribution >= 4 is 11.0 Å². The topological polar surface area (TPSA) is 41.9 Å². The van der Waals surface area contributed by atoms with Crippen molar-refractivity contribution in [1.29, 1.82) is 0 Å². The zero-order valence-corrected chi connectivity index (χ0v) is 11.5. The maximum absolute atomic E-state index is 4.40. The van der Waals surface area contributed by atoms with E-state index in [1.807, 2.05) is 13.4 Å². The van der Waals surface area contributed by atoms with Gasteiger partial charge in [-0.05, 0) is 50.0 Å². The summed E-state index contributed by atoms with van der Waals surface area (Å²) in [6.07, 6.45) is 5.77. The number of hydrogen-bond acceptors (Lipinski definition) is 3. The molecule has 2 N–H and O–H groups in total. The molecule has 1 aromatic heterocycles. The highest BCUT2D eigenvalue weighted by atomic mass is 15.0. The minimum absolute atomic E-state index is 0.728. The fourth-order valence-corrected chi connectivity index (χ4v) is 2.80. The van der Waals surface area contributed by atoms with Crippen molar-refractivity contribution in [3.05, 3.63) is 30.1 Å². The largest absolute Gasteiger partial charge is 0.334 e. The molecule has 0 amide bonds. The smallest absolute Gasteiger partial charge is 0.0955 e. The van der Waals surface area contributed by atoms with Gasteiger partial charge in [-0.3, -0.25) is 0 Å². The van der Waals surface area contributed by atoms with Gasteiger partial charge >= 0.3 is 0 Å². The number of nitrogens with zero attached hydrogens (tertiary/aromatic N) is 2. The van der Waals surface area contributed by atoms with Crippen LogP contribution in [0, 0.1) is 0 Å². The number of aryl methyl sites for hydroxylation is 1. The molecule has 0 radical (unpaired) electrons. The molecule has 0 bridgehead atoms. The predicted molar refractivity (Wildman–Crippen MR) is 78.1 cm³/mol. The van der Waals surface area contributed by atoms with Crippen molar-refractivity contribution in [2.75, 3.05) is 13.1 Å². The third-order valence-electron chi connectivity index (χ3n) is 3.95. The maximum Gasteiger partial charge on any atom is 0.0955 e. The predicted octanol–water partition coefficient (Wildman–Crippen LogP) is 1.80. The highest BCUT2D eigenvalue weighted by Crippen LogP contribution is 2.14. The SMILES string of the molecule is Cn1cnc2cc(CNCCC3CCCN3)ccc21. The molecule has 0 aliphatic carbocycles. The van der Waals surface area contributed by atoms with E-state index in [4.69, 9.17) is 0 Å². The van der Waals surface area contributed by atoms with Crippen LogP contribution in [0.5, 0.6) is 0 Å². The van der Waals surface area contributed by atoms with E-state index in [-0.39, 0.29) is 0 Å². The average Bonchev–Trinajstić information content (AvgIpc) is 3.05. The van der Waals surface area contributed by atoms with Crippen LogP contribution in [-0.2, 0) is 13.6 Å². The van der Waals surface area contributed by atoms with Gasteiger partial charge in [0.15, 0.2) is 0 Å². The molecule has 3 rings (SSSR count). The van der Waals surface area contributed by atoms with Crippen LogP contribution in [0.25, 0.3) is 11.0 Å². The summed E-state index contributed by atoms with van der Waals surface area (Å²) in [5, 5.41) is 7.05. The van der Waals surface area contributed by atoms with Crippen LogP contribution >= 0.6 is 0 Å². The summed E-state index contributed by atoms with van der Waals surface area (Å²) in [4.78, 5) is 4.40. The minimum atomic E-state index is 0.728. The van der Waals surface area contributed by atoms with Crippen molar-refractivity contribution in [3.63, 3.8) is 0 Å². The molecule has 1 aliphatic rings. The first-order chi connectivity index (χ1) is 9.33. The molecule has 1 aliphatic heterocycles. The lowest BCUT2D eigenvalue weighted by Crippen LogP contribution is -2.26. The Kier molecular flexibility index (Phi) is 3.80. The lowest BCUT2D eigenvalue weighted by molar-refractivity contribution is 0.523. The number of rotatable bonds is 5. The third kappa shape index (κ3) is 2.96. The molecular formula is C15H22N4. The van der Waals surface area contributed by atoms with Crippen LogP contribution in [0.4, 0.5) is 0 Å². The molecule has 1 aromatic carbocycles. The van der Waals surface area contributed by atoms with Gasteiger partial charge in [-0.1, -0.05) is 6.07 Å². The van der Waals surface area contributed by atoms with E-state index in [0.717, 1.165) is 24.6 Å². The monoisotopic (exact) mass is 258 g/mol. The van der Waals surface area contributed by atoms with Crippen molar-refractivity contribution < 1.29 is 0 Å². The van der Waals surface area contributed by atoms with E-state index in [1.54, 1.807) is 0 Å². The van der Waals surface area contributed by atoms with Gasteiger partial charge in [-0.2, -0.15) is 0 Å². The highest BCUT2D eigenvalue weighted by Gasteiger charge is 2.12. The van der Waals surface area contributed by atoms with Gasteiger partial charge in [0.25, 0.3) is 0 Å². The molecule has 0 spiro atoms. The fourth-order valence-electron chi connectivity index (χ4n) is 2.80. The zero-order chi connectivity index (χ0) is 13.1. The van der Waals surface area contributed by atoms with Gasteiger partial charge in [0.1, 0.15) is 0 Å². The fraction of sp³-hybridized carbons (Fsp3) is 0.533. The second kappa shape index (κ2) is 5.72. The standard InChI is InChI=1S/C15H22N4/c1-19-11-18-14-9-12(4-5-15(14)19)10-16-8-6-13-3-2-7-17-13/h4-5,9,11,13,16-17H,2-3,6-8,10H2,1H3. The minimum Gasteiger partial charge on any atom is -0.334 e. The lowest BCUT2D eigenvalue weighted by Gasteiger charge is -2.10. The second-order valence-corrected chi connectivity index (χ2v) is 5.44. The normalized spacial score (nSPS) is 19.3. The Morgan fingerprint density at radius 3 is 3.26 bits per heavy atom. The Hall–Kier alpha value is -1.39. The molecule has 2 aromatic rings. The summed E-state index contributed by atoms with van der Waals surface area (Å²) < 4.78 is 2.05. The van der Waals surface area contributed by atoms with E-state index in [0.29, 0.717) is 0 Å². The van der Waals surface area contributed by atoms with Crippen molar-refractivity contribution in [3.8, 4) is 0 Å². The number of aromatic nitrogens is 2. The van der Waals surface area contributed by atoms with Gasteiger partial charge < -0.3 is 15.2 Å². The van der Waals surface area contributed by atoms with E-state index < -0.39 is 0 Å². The first-order valence-corrected chi connectivity index (χ1v) is 7.17. The molecule has 0 saturated carbocycles. The van der Waals surface area contributed by atoms with Gasteiger partial charge in [0, 0.05) is 19.6 Å². The summed E-state index contributed by atoms with van der Waals surface area (Å²) in [7, 11) is 2.03. The molecular weight excluding hydrogens is 236 g/mol. The molecule has 4 heteroatoms. The summed E-state index contributed by atoms with van der Waals surface area (Å²) >= 11 is 0. The van der Waals surface area contributed by atoms with Gasteiger partial charge in [0.2, 0.25) is 0 Å². The molecule has 19 heavy (non-hydrogen) atoms. The molecule has 1 unspecified atom stereocenters. The summed E-state index contributed by atoms with van der Waals surface area (Å²) in [6.45, 7) is 3.21. The number of fused-ring (bicyclic) bond motifs is 1. The molecule has 1 atom stereocenters. The van der Waals surface area contributed by atoms with Gasteiger partial charge in [-0.15, -0.1) is 0 Å². The van der Waals surface area contributed by atoms with E-state index in [9.17, 15) is 0 Å². The average molecular weight is 258 g/mol. The highest BCUT2D eigenvalue weighted by molar-refractivity contribution is 5.75. The van der Waals surface area contributed by atoms with E-state index >= 15 is 0 Å². The number of nitrogens with one attached hydrogen (secondary N) is 2. The van der Waals surface area contributed by atoms with Crippen LogP contribution in [0.2, 0.25) is 0 Å². The van der Waals surface area contributed by atoms with Crippen LogP contribution in [-0.4, -0.2) is 28.7 Å². The Morgan fingerprint density at radius 2 is 2.42 bits per heavy atom. The Balaban J connectivity index is 1.50. The van der Waals surface area contributed by atoms with Crippen LogP contribution in [0.1, 0.15) is 24.8 Å². The molecule has 1 saturated heterocycles. The number of hydrogen-bond donors (Lipinski definition) is 2. The van der Waals surface area contributed by atoms with Crippen LogP contribution in [0.15, 0.2) is 24.5 Å². The third-order valence-corrected chi connectivity index (χ3v) is 3.95. The molecule has 2 heterocycles. The van der Waals surface area contributed by atoms with Gasteiger partial charge in [0.05, 0.1) is 17.4 Å². The van der Waals surface area contributed by atoms with Crippen molar-refractivity contribution in [2.24, 2.45) is 7.05 Å². The lowest BCUT2D eigenvalue weighted by atomic mass is 10.1. The summed E-state index contributed by atoms with van der Waals surface area (Å²) in [5.74, 6) is 0. The molecule has 1 fully saturated rings. The first-order valence-electron chi connectivity index (χ1n) is 7.17. The maximum atomic E-state index is 4.40. The summed E-state index contributed by atoms with van der Waals surface area (Å²) in [6, 6.07) is 7.24. The Bertz CT molecular complexity index is 540. The van der Waals surface area contributed by atoms with Gasteiger partial charge in [-0.25, -0.2) is 4.98 Å². The quantitative estimate of drug-likeness (QED) is 0.804. The zero-order valence-electron chi connectivity index (χ0n) is 11.5. The molecule has 4 nitrogen and oxygen atoms in total. The summed E-state index contributed by atoms with van der Waals surface area (Å²) in [5.41, 5.74) is 3.59. The first kappa shape index (κ1) is 12.6. The van der Waals surface area contributed by atoms with Crippen molar-refractivity contribution in [2.45, 2.75) is 31.8 Å².